The number of aromatic nitrogens is 2. The fourth-order valence-corrected chi connectivity index (χ4v) is 1.93. The lowest BCUT2D eigenvalue weighted by molar-refractivity contribution is -0.207. The van der Waals surface area contributed by atoms with Crippen LogP contribution in [0, 0.1) is 12.3 Å². The van der Waals surface area contributed by atoms with Crippen molar-refractivity contribution in [1.29, 1.82) is 0 Å². The van der Waals surface area contributed by atoms with Crippen molar-refractivity contribution in [1.82, 2.24) is 9.55 Å². The largest absolute Gasteiger partial charge is 0.390 e. The predicted octanol–water partition coefficient (Wildman–Crippen LogP) is -1.57. The summed E-state index contributed by atoms with van der Waals surface area (Å²) in [5.41, 5.74) is -4.96. The molecule has 0 saturated carbocycles. The van der Waals surface area contributed by atoms with Crippen molar-refractivity contribution in [2.75, 3.05) is 6.61 Å². The van der Waals surface area contributed by atoms with E-state index in [0.717, 1.165) is 12.3 Å². The van der Waals surface area contributed by atoms with Gasteiger partial charge in [-0.15, -0.1) is 6.42 Å². The molecule has 0 aliphatic carbocycles. The van der Waals surface area contributed by atoms with Gasteiger partial charge in [0.2, 0.25) is 5.67 Å². The van der Waals surface area contributed by atoms with Crippen molar-refractivity contribution in [3.8, 4) is 12.3 Å². The maximum atomic E-state index is 14.5. The second-order valence-corrected chi connectivity index (χ2v) is 4.25. The number of terminal acetylenes is 1. The number of rotatable bonds is 2. The van der Waals surface area contributed by atoms with Crippen molar-refractivity contribution in [3.05, 3.63) is 33.1 Å². The molecule has 108 valence electrons. The van der Waals surface area contributed by atoms with Gasteiger partial charge in [0.1, 0.15) is 6.61 Å². The molecule has 1 aliphatic heterocycles. The Bertz CT molecular complexity index is 680. The smallest absolute Gasteiger partial charge is 0.330 e. The first-order valence-corrected chi connectivity index (χ1v) is 5.42. The van der Waals surface area contributed by atoms with E-state index in [0.29, 0.717) is 4.57 Å². The lowest BCUT2D eigenvalue weighted by Gasteiger charge is -2.23. The molecule has 1 aromatic rings. The van der Waals surface area contributed by atoms with E-state index in [1.54, 1.807) is 0 Å². The Morgan fingerprint density at radius 1 is 1.55 bits per heavy atom. The minimum Gasteiger partial charge on any atom is -0.390 e. The van der Waals surface area contributed by atoms with E-state index < -0.39 is 41.7 Å². The van der Waals surface area contributed by atoms with E-state index >= 15 is 0 Å². The molecule has 0 spiro atoms. The zero-order valence-corrected chi connectivity index (χ0v) is 9.92. The molecule has 7 nitrogen and oxygen atoms in total. The highest BCUT2D eigenvalue weighted by molar-refractivity contribution is 5.21. The summed E-state index contributed by atoms with van der Waals surface area (Å²) in [7, 11) is 0. The fourth-order valence-electron chi connectivity index (χ4n) is 1.93. The highest BCUT2D eigenvalue weighted by Crippen LogP contribution is 2.46. The highest BCUT2D eigenvalue weighted by atomic mass is 19.2. The van der Waals surface area contributed by atoms with Gasteiger partial charge in [-0.25, -0.2) is 13.6 Å². The number of hydrogen-bond donors (Lipinski definition) is 3. The number of H-pyrrole nitrogens is 1. The number of ether oxygens (including phenoxy) is 1. The molecular formula is C11H10F2N2O5. The molecule has 0 amide bonds. The number of nitrogens with zero attached hydrogens (tertiary/aromatic N) is 1. The molecule has 3 N–H and O–H groups in total. The van der Waals surface area contributed by atoms with Crippen molar-refractivity contribution in [2.45, 2.75) is 23.9 Å². The average Bonchev–Trinajstić information content (AvgIpc) is 2.62. The number of aromatic amines is 1. The lowest BCUT2D eigenvalue weighted by Crippen LogP contribution is -2.48. The van der Waals surface area contributed by atoms with Crippen LogP contribution in [0.4, 0.5) is 8.78 Å². The standard InChI is InChI=1S/C11H10F2N2O5/c1-2-10(12)7(18)11(13,5-16)20-8(10)15-4-3-6(17)14-9(15)19/h1,3-4,7-8,16,18H,5H2,(H,14,17,19)/t7?,8-,10-,11-/m1/s1. The SMILES string of the molecule is C#C[C@@]1(F)C(O)[C@@](F)(CO)O[C@H]1n1ccc(=O)[nH]c1=O. The normalized spacial score (nSPS) is 36.8. The highest BCUT2D eigenvalue weighted by Gasteiger charge is 2.66. The minimum absolute atomic E-state index is 0.488. The van der Waals surface area contributed by atoms with Crippen LogP contribution in [0.25, 0.3) is 0 Å². The van der Waals surface area contributed by atoms with Crippen LogP contribution in [-0.4, -0.2) is 44.0 Å². The van der Waals surface area contributed by atoms with Crippen molar-refractivity contribution in [3.63, 3.8) is 0 Å². The molecular weight excluding hydrogens is 278 g/mol. The summed E-state index contributed by atoms with van der Waals surface area (Å²) < 4.78 is 33.6. The van der Waals surface area contributed by atoms with Crippen LogP contribution in [-0.2, 0) is 4.74 Å². The molecule has 1 saturated heterocycles. The Morgan fingerprint density at radius 3 is 2.70 bits per heavy atom. The van der Waals surface area contributed by atoms with Crippen LogP contribution in [0.2, 0.25) is 0 Å². The summed E-state index contributed by atoms with van der Waals surface area (Å²) in [5.74, 6) is -1.64. The molecule has 4 atom stereocenters. The summed E-state index contributed by atoms with van der Waals surface area (Å²) in [6.45, 7) is -1.36. The summed E-state index contributed by atoms with van der Waals surface area (Å²) >= 11 is 0. The summed E-state index contributed by atoms with van der Waals surface area (Å²) in [5, 5.41) is 18.4. The van der Waals surface area contributed by atoms with Crippen molar-refractivity contribution in [2.24, 2.45) is 0 Å². The molecule has 0 aromatic carbocycles. The Hall–Kier alpha value is -2.02. The van der Waals surface area contributed by atoms with Crippen LogP contribution in [0.5, 0.6) is 0 Å². The number of aliphatic hydroxyl groups excluding tert-OH is 2. The molecule has 2 rings (SSSR count). The van der Waals surface area contributed by atoms with Gasteiger partial charge in [-0.3, -0.25) is 14.3 Å². The maximum Gasteiger partial charge on any atom is 0.330 e. The Kier molecular flexibility index (Phi) is 3.25. The Labute approximate surface area is 110 Å². The summed E-state index contributed by atoms with van der Waals surface area (Å²) in [6, 6.07) is 0.866. The molecule has 2 heterocycles. The van der Waals surface area contributed by atoms with Gasteiger partial charge < -0.3 is 14.9 Å². The van der Waals surface area contributed by atoms with Crippen LogP contribution in [0.1, 0.15) is 6.23 Å². The second kappa shape index (κ2) is 4.52. The molecule has 9 heteroatoms. The maximum absolute atomic E-state index is 14.5. The van der Waals surface area contributed by atoms with E-state index in [4.69, 9.17) is 11.5 Å². The predicted molar refractivity (Wildman–Crippen MR) is 61.0 cm³/mol. The molecule has 1 fully saturated rings. The summed E-state index contributed by atoms with van der Waals surface area (Å²) in [6.07, 6.45) is 1.24. The average molecular weight is 288 g/mol. The second-order valence-electron chi connectivity index (χ2n) is 4.25. The first kappa shape index (κ1) is 14.4. The molecule has 0 bridgehead atoms. The quantitative estimate of drug-likeness (QED) is 0.570. The fraction of sp³-hybridized carbons (Fsp3) is 0.455. The summed E-state index contributed by atoms with van der Waals surface area (Å²) in [4.78, 5) is 24.3. The lowest BCUT2D eigenvalue weighted by atomic mass is 9.96. The van der Waals surface area contributed by atoms with E-state index in [1.807, 2.05) is 4.98 Å². The van der Waals surface area contributed by atoms with E-state index in [2.05, 4.69) is 4.74 Å². The van der Waals surface area contributed by atoms with Crippen LogP contribution >= 0.6 is 0 Å². The van der Waals surface area contributed by atoms with Crippen LogP contribution in [0.15, 0.2) is 21.9 Å². The zero-order valence-electron chi connectivity index (χ0n) is 9.92. The van der Waals surface area contributed by atoms with Gasteiger partial charge in [0.25, 0.3) is 11.4 Å². The van der Waals surface area contributed by atoms with E-state index in [1.165, 1.54) is 5.92 Å². The zero-order chi connectivity index (χ0) is 15.1. The first-order chi connectivity index (χ1) is 9.28. The third-order valence-electron chi connectivity index (χ3n) is 3.01. The molecule has 1 aliphatic rings. The Balaban J connectivity index is 2.59. The number of hydrogen-bond acceptors (Lipinski definition) is 5. The topological polar surface area (TPSA) is 105 Å². The van der Waals surface area contributed by atoms with Gasteiger partial charge in [0, 0.05) is 12.3 Å². The van der Waals surface area contributed by atoms with Crippen molar-refractivity contribution >= 4 is 0 Å². The number of aliphatic hydroxyl groups is 2. The van der Waals surface area contributed by atoms with Gasteiger partial charge in [-0.2, -0.15) is 0 Å². The van der Waals surface area contributed by atoms with Gasteiger partial charge in [0.15, 0.2) is 12.3 Å². The molecule has 0 radical (unpaired) electrons. The van der Waals surface area contributed by atoms with Gasteiger partial charge in [0.05, 0.1) is 0 Å². The van der Waals surface area contributed by atoms with E-state index in [9.17, 15) is 23.5 Å². The first-order valence-electron chi connectivity index (χ1n) is 5.42. The van der Waals surface area contributed by atoms with Crippen LogP contribution in [0.3, 0.4) is 0 Å². The molecule has 20 heavy (non-hydrogen) atoms. The number of halogens is 2. The Morgan fingerprint density at radius 2 is 2.20 bits per heavy atom. The van der Waals surface area contributed by atoms with E-state index in [-0.39, 0.29) is 0 Å². The number of alkyl halides is 2. The van der Waals surface area contributed by atoms with Gasteiger partial charge in [-0.05, 0) is 0 Å². The van der Waals surface area contributed by atoms with Gasteiger partial charge in [-0.1, -0.05) is 5.92 Å². The van der Waals surface area contributed by atoms with Gasteiger partial charge >= 0.3 is 5.69 Å². The monoisotopic (exact) mass is 288 g/mol. The third-order valence-corrected chi connectivity index (χ3v) is 3.01. The van der Waals surface area contributed by atoms with Crippen LogP contribution < -0.4 is 11.2 Å². The van der Waals surface area contributed by atoms with Crippen molar-refractivity contribution < 1.29 is 23.7 Å². The molecule has 1 unspecified atom stereocenters. The minimum atomic E-state index is -3.17. The molecule has 1 aromatic heterocycles. The third kappa shape index (κ3) is 1.85. The number of nitrogens with one attached hydrogen (secondary N) is 1.